The first-order valence-electron chi connectivity index (χ1n) is 21.8. The predicted molar refractivity (Wildman–Crippen MR) is 211 cm³/mol. The third kappa shape index (κ3) is 8.49. The van der Waals surface area contributed by atoms with E-state index in [2.05, 4.69) is 27.7 Å². The number of hydrogen-bond acceptors (Lipinski definition) is 10. The minimum Gasteiger partial charge on any atom is -0.392 e. The van der Waals surface area contributed by atoms with Crippen LogP contribution in [-0.4, -0.2) is 117 Å². The SMILES string of the molecule is CC[C@@H]([C@H](O)[C@@H](C)[C@@H](O)[C@H](C)[C@@H]1O[C@@H]([C@@H](CC)C(=O)N(C)C)CC[C@@H]1C)[C@H]1O[C@]2(C=C[C@@H](O)[C@]3(CC[C@@](C)([C@H]4CC[C@](O)(CC)[C@H](C)O4)O3)O2)[C@H](C)C[C@@H]1C. The van der Waals surface area contributed by atoms with Crippen LogP contribution in [0, 0.1) is 41.4 Å². The molecule has 0 saturated carbocycles. The lowest BCUT2D eigenvalue weighted by Crippen LogP contribution is -2.63. The highest BCUT2D eigenvalue weighted by Crippen LogP contribution is 2.54. The first-order valence-corrected chi connectivity index (χ1v) is 21.8. The molecule has 4 N–H and O–H groups in total. The van der Waals surface area contributed by atoms with Crippen molar-refractivity contribution < 1.29 is 48.9 Å². The number of carbonyl (C=O) groups is 1. The van der Waals surface area contributed by atoms with Crippen LogP contribution in [0.25, 0.3) is 0 Å². The van der Waals surface area contributed by atoms with Crippen molar-refractivity contribution in [3.05, 3.63) is 12.2 Å². The van der Waals surface area contributed by atoms with Crippen molar-refractivity contribution in [2.75, 3.05) is 14.1 Å². The Bertz CT molecular complexity index is 1330. The molecule has 5 heterocycles. The maximum atomic E-state index is 13.0. The Morgan fingerprint density at radius 1 is 0.891 bits per heavy atom. The Kier molecular flexibility index (Phi) is 14.1. The van der Waals surface area contributed by atoms with Gasteiger partial charge in [0.05, 0.1) is 59.8 Å². The van der Waals surface area contributed by atoms with Crippen LogP contribution in [0.2, 0.25) is 0 Å². The van der Waals surface area contributed by atoms with Crippen molar-refractivity contribution >= 4 is 5.91 Å². The van der Waals surface area contributed by atoms with E-state index in [0.717, 1.165) is 19.3 Å². The first kappa shape index (κ1) is 44.9. The summed E-state index contributed by atoms with van der Waals surface area (Å²) in [5.74, 6) is -3.51. The molecule has 0 bridgehead atoms. The van der Waals surface area contributed by atoms with Gasteiger partial charge in [0.25, 0.3) is 0 Å². The summed E-state index contributed by atoms with van der Waals surface area (Å²) in [6, 6.07) is 0. The largest absolute Gasteiger partial charge is 0.392 e. The van der Waals surface area contributed by atoms with Gasteiger partial charge in [0, 0.05) is 44.2 Å². The highest BCUT2D eigenvalue weighted by molar-refractivity contribution is 5.78. The fourth-order valence-electron chi connectivity index (χ4n) is 11.0. The standard InChI is InChI=1S/C44H77NO10/c1-13-31(40(49)45(11)12)33-17-16-25(4)38(52-33)29(8)36(47)28(7)37(48)32(14-2)39-26(5)24-27(6)43(53-39)21-18-34(46)44(55-43)23-22-41(10,54-44)35-19-20-42(50,15-3)30(9)51-35/h18,21,25-39,46-48,50H,13-17,19-20,22-24H2,1-12H3/t25-,26-,27+,28-,29-,30-,31+,32-,33+,34+,35+,36+,37+,38+,39-,41-,42+,43-,44-/m0/s1. The molecular weight excluding hydrogens is 702 g/mol. The number of rotatable bonds is 12. The van der Waals surface area contributed by atoms with E-state index in [1.54, 1.807) is 25.1 Å². The molecule has 2 spiro atoms. The molecule has 11 heteroatoms. The van der Waals surface area contributed by atoms with Gasteiger partial charge in [-0.25, -0.2) is 0 Å². The molecule has 55 heavy (non-hydrogen) atoms. The lowest BCUT2D eigenvalue weighted by atomic mass is 9.72. The second kappa shape index (κ2) is 17.2. The van der Waals surface area contributed by atoms with Crippen molar-refractivity contribution in [1.29, 1.82) is 0 Å². The Labute approximate surface area is 331 Å². The molecule has 1 amide bonds. The average Bonchev–Trinajstić information content (AvgIpc) is 3.50. The molecule has 0 aromatic rings. The topological polar surface area (TPSA) is 147 Å². The monoisotopic (exact) mass is 780 g/mol. The summed E-state index contributed by atoms with van der Waals surface area (Å²) >= 11 is 0. The summed E-state index contributed by atoms with van der Waals surface area (Å²) in [5.41, 5.74) is -1.60. The molecule has 11 nitrogen and oxygen atoms in total. The second-order valence-corrected chi connectivity index (χ2v) is 19.0. The van der Waals surface area contributed by atoms with Gasteiger partial charge in [-0.05, 0) is 95.6 Å². The predicted octanol–water partition coefficient (Wildman–Crippen LogP) is 5.98. The maximum Gasteiger partial charge on any atom is 0.227 e. The molecule has 4 saturated heterocycles. The van der Waals surface area contributed by atoms with Crippen LogP contribution in [0.3, 0.4) is 0 Å². The number of carbonyl (C=O) groups excluding carboxylic acids is 1. The molecule has 5 aliphatic heterocycles. The van der Waals surface area contributed by atoms with Crippen LogP contribution in [0.4, 0.5) is 0 Å². The van der Waals surface area contributed by atoms with Gasteiger partial charge < -0.3 is 49.0 Å². The number of hydrogen-bond donors (Lipinski definition) is 4. The third-order valence-corrected chi connectivity index (χ3v) is 15.1. The average molecular weight is 780 g/mol. The molecular formula is C44H77NO10. The van der Waals surface area contributed by atoms with E-state index >= 15 is 0 Å². The summed E-state index contributed by atoms with van der Waals surface area (Å²) in [7, 11) is 3.57. The van der Waals surface area contributed by atoms with Crippen molar-refractivity contribution in [3.8, 4) is 0 Å². The number of ether oxygens (including phenoxy) is 5. The zero-order valence-corrected chi connectivity index (χ0v) is 36.1. The number of aliphatic hydroxyl groups excluding tert-OH is 3. The molecule has 0 radical (unpaired) electrons. The van der Waals surface area contributed by atoms with Crippen molar-refractivity contribution in [3.63, 3.8) is 0 Å². The first-order chi connectivity index (χ1) is 25.7. The van der Waals surface area contributed by atoms with Gasteiger partial charge in [0.1, 0.15) is 6.10 Å². The zero-order valence-electron chi connectivity index (χ0n) is 36.1. The lowest BCUT2D eigenvalue weighted by Gasteiger charge is -2.55. The fraction of sp³-hybridized carbons (Fsp3) is 0.932. The van der Waals surface area contributed by atoms with Crippen molar-refractivity contribution in [2.24, 2.45) is 41.4 Å². The summed E-state index contributed by atoms with van der Waals surface area (Å²) in [6.45, 7) is 20.3. The molecule has 5 aliphatic rings. The van der Waals surface area contributed by atoms with Crippen LogP contribution in [0.1, 0.15) is 133 Å². The van der Waals surface area contributed by atoms with Gasteiger partial charge in [-0.3, -0.25) is 4.79 Å². The summed E-state index contributed by atoms with van der Waals surface area (Å²) in [5, 5.41) is 46.6. The Morgan fingerprint density at radius 3 is 2.18 bits per heavy atom. The number of amides is 1. The normalized spacial score (nSPS) is 45.6. The van der Waals surface area contributed by atoms with E-state index in [4.69, 9.17) is 23.7 Å². The summed E-state index contributed by atoms with van der Waals surface area (Å²) in [4.78, 5) is 14.6. The highest BCUT2D eigenvalue weighted by atomic mass is 16.8. The minimum atomic E-state index is -1.34. The smallest absolute Gasteiger partial charge is 0.227 e. The molecule has 0 aromatic carbocycles. The fourth-order valence-corrected chi connectivity index (χ4v) is 11.0. The van der Waals surface area contributed by atoms with E-state index in [0.29, 0.717) is 44.9 Å². The van der Waals surface area contributed by atoms with Crippen LogP contribution >= 0.6 is 0 Å². The Balaban J connectivity index is 1.30. The van der Waals surface area contributed by atoms with Crippen LogP contribution in [-0.2, 0) is 28.5 Å². The minimum absolute atomic E-state index is 0.0674. The van der Waals surface area contributed by atoms with E-state index in [-0.39, 0.29) is 65.8 Å². The molecule has 0 unspecified atom stereocenters. The number of aliphatic hydroxyl groups is 4. The molecule has 5 rings (SSSR count). The highest BCUT2D eigenvalue weighted by Gasteiger charge is 2.63. The molecule has 0 aliphatic carbocycles. The summed E-state index contributed by atoms with van der Waals surface area (Å²) < 4.78 is 34.0. The molecule has 19 atom stereocenters. The lowest BCUT2D eigenvalue weighted by molar-refractivity contribution is -0.411. The maximum absolute atomic E-state index is 13.0. The van der Waals surface area contributed by atoms with Gasteiger partial charge in [-0.1, -0.05) is 55.4 Å². The van der Waals surface area contributed by atoms with Gasteiger partial charge in [-0.2, -0.15) is 0 Å². The quantitative estimate of drug-likeness (QED) is 0.175. The van der Waals surface area contributed by atoms with E-state index in [1.165, 1.54) is 0 Å². The van der Waals surface area contributed by atoms with Crippen LogP contribution in [0.5, 0.6) is 0 Å². The van der Waals surface area contributed by atoms with Gasteiger partial charge in [0.2, 0.25) is 11.7 Å². The van der Waals surface area contributed by atoms with Gasteiger partial charge >= 0.3 is 0 Å². The Hall–Kier alpha value is -1.15. The molecule has 0 aromatic heterocycles. The van der Waals surface area contributed by atoms with E-state index in [9.17, 15) is 25.2 Å². The van der Waals surface area contributed by atoms with Crippen LogP contribution < -0.4 is 0 Å². The molecule has 318 valence electrons. The van der Waals surface area contributed by atoms with Crippen LogP contribution in [0.15, 0.2) is 12.2 Å². The zero-order chi connectivity index (χ0) is 40.8. The van der Waals surface area contributed by atoms with E-state index < -0.39 is 53.1 Å². The van der Waals surface area contributed by atoms with Gasteiger partial charge in [-0.15, -0.1) is 0 Å². The van der Waals surface area contributed by atoms with E-state index in [1.807, 2.05) is 47.6 Å². The third-order valence-electron chi connectivity index (χ3n) is 15.1. The molecule has 4 fully saturated rings. The Morgan fingerprint density at radius 2 is 1.58 bits per heavy atom. The van der Waals surface area contributed by atoms with Crippen molar-refractivity contribution in [1.82, 2.24) is 4.90 Å². The number of nitrogens with zero attached hydrogens (tertiary/aromatic N) is 1. The summed E-state index contributed by atoms with van der Waals surface area (Å²) in [6.07, 6.45) is 6.15. The van der Waals surface area contributed by atoms with Gasteiger partial charge in [0.15, 0.2) is 5.79 Å². The van der Waals surface area contributed by atoms with Crippen molar-refractivity contribution in [2.45, 2.75) is 205 Å². The second-order valence-electron chi connectivity index (χ2n) is 19.0.